The molecule has 0 bridgehead atoms. The van der Waals surface area contributed by atoms with Gasteiger partial charge in [0.05, 0.1) is 11.5 Å². The molecule has 1 saturated heterocycles. The lowest BCUT2D eigenvalue weighted by Gasteiger charge is -2.24. The SMILES string of the molecule is O=S1(=O)CCCN(c2ccccc2CBr)CC1. The van der Waals surface area contributed by atoms with Gasteiger partial charge >= 0.3 is 0 Å². The zero-order chi connectivity index (χ0) is 12.3. The van der Waals surface area contributed by atoms with Crippen molar-refractivity contribution in [1.82, 2.24) is 0 Å². The van der Waals surface area contributed by atoms with E-state index in [1.54, 1.807) is 0 Å². The molecule has 0 unspecified atom stereocenters. The third-order valence-electron chi connectivity index (χ3n) is 3.03. The van der Waals surface area contributed by atoms with Crippen LogP contribution in [-0.2, 0) is 15.2 Å². The zero-order valence-electron chi connectivity index (χ0n) is 9.60. The molecule has 3 nitrogen and oxygen atoms in total. The van der Waals surface area contributed by atoms with E-state index >= 15 is 0 Å². The van der Waals surface area contributed by atoms with Crippen LogP contribution in [0.4, 0.5) is 5.69 Å². The molecule has 1 aromatic carbocycles. The molecule has 0 atom stereocenters. The Morgan fingerprint density at radius 2 is 1.94 bits per heavy atom. The molecule has 0 aromatic heterocycles. The van der Waals surface area contributed by atoms with Crippen molar-refractivity contribution in [1.29, 1.82) is 0 Å². The lowest BCUT2D eigenvalue weighted by molar-refractivity contribution is 0.597. The van der Waals surface area contributed by atoms with Gasteiger partial charge in [0.1, 0.15) is 0 Å². The van der Waals surface area contributed by atoms with Crippen LogP contribution < -0.4 is 4.90 Å². The first-order valence-electron chi connectivity index (χ1n) is 5.71. The molecule has 0 saturated carbocycles. The molecular weight excluding hydrogens is 302 g/mol. The molecule has 2 rings (SSSR count). The predicted octanol–water partition coefficient (Wildman–Crippen LogP) is 2.21. The summed E-state index contributed by atoms with van der Waals surface area (Å²) in [5.74, 6) is 0.587. The fourth-order valence-electron chi connectivity index (χ4n) is 2.11. The molecule has 1 fully saturated rings. The van der Waals surface area contributed by atoms with Crippen LogP contribution in [-0.4, -0.2) is 33.0 Å². The molecule has 0 radical (unpaired) electrons. The summed E-state index contributed by atoms with van der Waals surface area (Å²) in [6, 6.07) is 8.15. The predicted molar refractivity (Wildman–Crippen MR) is 74.6 cm³/mol. The van der Waals surface area contributed by atoms with Gasteiger partial charge in [0.25, 0.3) is 0 Å². The van der Waals surface area contributed by atoms with E-state index in [-0.39, 0.29) is 5.75 Å². The standard InChI is InChI=1S/C12H16BrNO2S/c13-10-11-4-1-2-5-12(11)14-6-3-8-17(15,16)9-7-14/h1-2,4-5H,3,6-10H2. The van der Waals surface area contributed by atoms with Crippen LogP contribution in [0.25, 0.3) is 0 Å². The van der Waals surface area contributed by atoms with Crippen molar-refractivity contribution in [2.75, 3.05) is 29.5 Å². The zero-order valence-corrected chi connectivity index (χ0v) is 12.0. The van der Waals surface area contributed by atoms with Crippen LogP contribution in [0.5, 0.6) is 0 Å². The highest BCUT2D eigenvalue weighted by atomic mass is 79.9. The number of hydrogen-bond donors (Lipinski definition) is 0. The molecule has 0 spiro atoms. The summed E-state index contributed by atoms with van der Waals surface area (Å²) in [6.45, 7) is 1.43. The van der Waals surface area contributed by atoms with E-state index in [2.05, 4.69) is 33.0 Å². The monoisotopic (exact) mass is 317 g/mol. The smallest absolute Gasteiger partial charge is 0.152 e. The van der Waals surface area contributed by atoms with Crippen molar-refractivity contribution < 1.29 is 8.42 Å². The molecule has 0 aliphatic carbocycles. The van der Waals surface area contributed by atoms with Crippen molar-refractivity contribution in [3.05, 3.63) is 29.8 Å². The number of halogens is 1. The third kappa shape index (κ3) is 3.22. The minimum atomic E-state index is -2.83. The van der Waals surface area contributed by atoms with E-state index in [1.165, 1.54) is 5.56 Å². The summed E-state index contributed by atoms with van der Waals surface area (Å²) in [4.78, 5) is 2.18. The Kier molecular flexibility index (Phi) is 4.09. The largest absolute Gasteiger partial charge is 0.370 e. The number of sulfone groups is 1. The molecule has 1 aromatic rings. The molecular formula is C12H16BrNO2S. The summed E-state index contributed by atoms with van der Waals surface area (Å²) >= 11 is 3.47. The van der Waals surface area contributed by atoms with E-state index in [1.807, 2.05) is 12.1 Å². The number of nitrogens with zero attached hydrogens (tertiary/aromatic N) is 1. The fraction of sp³-hybridized carbons (Fsp3) is 0.500. The highest BCUT2D eigenvalue weighted by Gasteiger charge is 2.20. The number of para-hydroxylation sites is 1. The summed E-state index contributed by atoms with van der Waals surface area (Å²) in [5, 5.41) is 0.798. The van der Waals surface area contributed by atoms with Crippen molar-refractivity contribution >= 4 is 31.5 Å². The molecule has 5 heteroatoms. The first-order chi connectivity index (χ1) is 8.12. The van der Waals surface area contributed by atoms with Gasteiger partial charge in [-0.25, -0.2) is 8.42 Å². The minimum absolute atomic E-state index is 0.267. The number of hydrogen-bond acceptors (Lipinski definition) is 3. The second kappa shape index (κ2) is 5.40. The van der Waals surface area contributed by atoms with Gasteiger partial charge < -0.3 is 4.90 Å². The van der Waals surface area contributed by atoms with Gasteiger partial charge in [0.2, 0.25) is 0 Å². The molecule has 17 heavy (non-hydrogen) atoms. The Labute approximate surface area is 111 Å². The molecule has 0 amide bonds. The molecule has 1 aliphatic heterocycles. The molecule has 0 N–H and O–H groups in total. The van der Waals surface area contributed by atoms with Gasteiger partial charge in [-0.15, -0.1) is 0 Å². The minimum Gasteiger partial charge on any atom is -0.370 e. The maximum atomic E-state index is 11.6. The second-order valence-corrected chi connectivity index (χ2v) is 7.12. The Hall–Kier alpha value is -0.550. The first kappa shape index (κ1) is 12.9. The number of rotatable bonds is 2. The van der Waals surface area contributed by atoms with Crippen molar-refractivity contribution in [2.24, 2.45) is 0 Å². The van der Waals surface area contributed by atoms with E-state index in [9.17, 15) is 8.42 Å². The number of anilines is 1. The van der Waals surface area contributed by atoms with Gasteiger partial charge in [-0.05, 0) is 18.1 Å². The van der Waals surface area contributed by atoms with Crippen molar-refractivity contribution in [3.63, 3.8) is 0 Å². The number of alkyl halides is 1. The average Bonchev–Trinajstić information content (AvgIpc) is 2.50. The van der Waals surface area contributed by atoms with E-state index in [4.69, 9.17) is 0 Å². The highest BCUT2D eigenvalue weighted by Crippen LogP contribution is 2.24. The Morgan fingerprint density at radius 3 is 2.71 bits per heavy atom. The van der Waals surface area contributed by atoms with Crippen LogP contribution in [0.15, 0.2) is 24.3 Å². The van der Waals surface area contributed by atoms with Crippen molar-refractivity contribution in [3.8, 4) is 0 Å². The Bertz CT molecular complexity index is 487. The summed E-state index contributed by atoms with van der Waals surface area (Å²) < 4.78 is 23.1. The molecule has 94 valence electrons. The van der Waals surface area contributed by atoms with Gasteiger partial charge in [-0.3, -0.25) is 0 Å². The summed E-state index contributed by atoms with van der Waals surface area (Å²) in [5.41, 5.74) is 2.37. The third-order valence-corrected chi connectivity index (χ3v) is 5.35. The quantitative estimate of drug-likeness (QED) is 0.785. The lowest BCUT2D eigenvalue weighted by atomic mass is 10.2. The van der Waals surface area contributed by atoms with Gasteiger partial charge in [-0.1, -0.05) is 34.1 Å². The Balaban J connectivity index is 2.22. The summed E-state index contributed by atoms with van der Waals surface area (Å²) in [6.07, 6.45) is 0.721. The average molecular weight is 318 g/mol. The molecule has 1 aliphatic rings. The van der Waals surface area contributed by atoms with Crippen LogP contribution in [0.2, 0.25) is 0 Å². The van der Waals surface area contributed by atoms with Crippen LogP contribution in [0.1, 0.15) is 12.0 Å². The lowest BCUT2D eigenvalue weighted by Crippen LogP contribution is -2.27. The van der Waals surface area contributed by atoms with Crippen LogP contribution in [0, 0.1) is 0 Å². The van der Waals surface area contributed by atoms with Gasteiger partial charge in [0, 0.05) is 24.1 Å². The highest BCUT2D eigenvalue weighted by molar-refractivity contribution is 9.08. The van der Waals surface area contributed by atoms with Crippen molar-refractivity contribution in [2.45, 2.75) is 11.8 Å². The second-order valence-electron chi connectivity index (χ2n) is 4.25. The topological polar surface area (TPSA) is 37.4 Å². The van der Waals surface area contributed by atoms with E-state index < -0.39 is 9.84 Å². The number of benzene rings is 1. The first-order valence-corrected chi connectivity index (χ1v) is 8.66. The van der Waals surface area contributed by atoms with Crippen LogP contribution >= 0.6 is 15.9 Å². The fourth-order valence-corrected chi connectivity index (χ4v) is 3.86. The van der Waals surface area contributed by atoms with Gasteiger partial charge in [0.15, 0.2) is 9.84 Å². The summed E-state index contributed by atoms with van der Waals surface area (Å²) in [7, 11) is -2.83. The van der Waals surface area contributed by atoms with E-state index in [0.717, 1.165) is 24.0 Å². The molecule has 1 heterocycles. The Morgan fingerprint density at radius 1 is 1.18 bits per heavy atom. The van der Waals surface area contributed by atoms with Crippen LogP contribution in [0.3, 0.4) is 0 Å². The van der Waals surface area contributed by atoms with E-state index in [0.29, 0.717) is 12.3 Å². The maximum absolute atomic E-state index is 11.6. The normalized spacial score (nSPS) is 19.9. The maximum Gasteiger partial charge on any atom is 0.152 e. The van der Waals surface area contributed by atoms with Gasteiger partial charge in [-0.2, -0.15) is 0 Å².